The lowest BCUT2D eigenvalue weighted by Gasteiger charge is -2.02. The molecule has 0 radical (unpaired) electrons. The summed E-state index contributed by atoms with van der Waals surface area (Å²) >= 11 is 6.22. The molecule has 18 heavy (non-hydrogen) atoms. The zero-order valence-electron chi connectivity index (χ0n) is 9.93. The first-order valence-corrected chi connectivity index (χ1v) is 6.25. The van der Waals surface area contributed by atoms with Gasteiger partial charge in [-0.3, -0.25) is 4.79 Å². The van der Waals surface area contributed by atoms with Crippen molar-refractivity contribution >= 4 is 17.9 Å². The number of nitrogens with zero attached hydrogens (tertiary/aromatic N) is 3. The number of carbonyl (C=O) groups excluding carboxylic acids is 1. The van der Waals surface area contributed by atoms with Crippen LogP contribution in [0.4, 0.5) is 0 Å². The number of halogens is 1. The third kappa shape index (κ3) is 1.82. The number of aryl methyl sites for hydroxylation is 1. The lowest BCUT2D eigenvalue weighted by atomic mass is 10.2. The topological polar surface area (TPSA) is 47.8 Å². The van der Waals surface area contributed by atoms with E-state index >= 15 is 0 Å². The Balaban J connectivity index is 2.15. The lowest BCUT2D eigenvalue weighted by Crippen LogP contribution is -2.00. The lowest BCUT2D eigenvalue weighted by molar-refractivity contribution is 0.112. The van der Waals surface area contributed by atoms with Crippen molar-refractivity contribution in [2.75, 3.05) is 0 Å². The molecular weight excluding hydrogens is 250 g/mol. The fraction of sp³-hybridized carbons (Fsp3) is 0.308. The summed E-state index contributed by atoms with van der Waals surface area (Å²) in [4.78, 5) is 15.4. The highest BCUT2D eigenvalue weighted by Crippen LogP contribution is 2.42. The molecule has 3 rings (SSSR count). The van der Waals surface area contributed by atoms with Crippen molar-refractivity contribution in [3.05, 3.63) is 40.3 Å². The first kappa shape index (κ1) is 11.4. The van der Waals surface area contributed by atoms with Gasteiger partial charge >= 0.3 is 0 Å². The Bertz CT molecular complexity index is 617. The predicted molar refractivity (Wildman–Crippen MR) is 68.5 cm³/mol. The highest BCUT2D eigenvalue weighted by Gasteiger charge is 2.31. The van der Waals surface area contributed by atoms with Gasteiger partial charge in [-0.25, -0.2) is 9.67 Å². The summed E-state index contributed by atoms with van der Waals surface area (Å²) < 4.78 is 1.55. The Morgan fingerprint density at radius 3 is 2.89 bits per heavy atom. The molecule has 0 atom stereocenters. The molecule has 0 bridgehead atoms. The third-order valence-corrected chi connectivity index (χ3v) is 3.46. The van der Waals surface area contributed by atoms with Gasteiger partial charge in [0.05, 0.1) is 11.3 Å². The van der Waals surface area contributed by atoms with E-state index in [1.54, 1.807) is 10.9 Å². The fourth-order valence-corrected chi connectivity index (χ4v) is 2.25. The maximum Gasteiger partial charge on any atom is 0.155 e. The van der Waals surface area contributed by atoms with Crippen LogP contribution in [-0.2, 0) is 0 Å². The standard InChI is InChI=1S/C13H12ClN3O/c1-8-4-5-15-11(6-8)17-13(14)10(7-18)12(16-17)9-2-3-9/h4-7,9H,2-3H2,1H3. The molecule has 5 heteroatoms. The molecule has 0 spiro atoms. The highest BCUT2D eigenvalue weighted by molar-refractivity contribution is 6.32. The zero-order valence-corrected chi connectivity index (χ0v) is 10.7. The van der Waals surface area contributed by atoms with E-state index in [0.717, 1.165) is 30.4 Å². The van der Waals surface area contributed by atoms with E-state index < -0.39 is 0 Å². The molecule has 2 aromatic rings. The molecule has 1 aliphatic carbocycles. The van der Waals surface area contributed by atoms with Crippen molar-refractivity contribution < 1.29 is 4.79 Å². The molecule has 0 aromatic carbocycles. The van der Waals surface area contributed by atoms with Crippen molar-refractivity contribution in [3.8, 4) is 5.82 Å². The normalized spacial score (nSPS) is 14.8. The van der Waals surface area contributed by atoms with Crippen LogP contribution in [0, 0.1) is 6.92 Å². The first-order valence-electron chi connectivity index (χ1n) is 5.87. The highest BCUT2D eigenvalue weighted by atomic mass is 35.5. The number of aldehydes is 1. The Kier molecular flexibility index (Phi) is 2.67. The average Bonchev–Trinajstić information content (AvgIpc) is 3.13. The SMILES string of the molecule is Cc1ccnc(-n2nc(C3CC3)c(C=O)c2Cl)c1. The van der Waals surface area contributed by atoms with E-state index in [9.17, 15) is 4.79 Å². The van der Waals surface area contributed by atoms with Crippen molar-refractivity contribution in [1.82, 2.24) is 14.8 Å². The molecule has 0 N–H and O–H groups in total. The van der Waals surface area contributed by atoms with E-state index in [1.807, 2.05) is 19.1 Å². The molecule has 4 nitrogen and oxygen atoms in total. The largest absolute Gasteiger partial charge is 0.298 e. The van der Waals surface area contributed by atoms with Crippen LogP contribution in [0.25, 0.3) is 5.82 Å². The zero-order chi connectivity index (χ0) is 12.7. The van der Waals surface area contributed by atoms with Crippen LogP contribution in [0.15, 0.2) is 18.3 Å². The van der Waals surface area contributed by atoms with Gasteiger partial charge in [0.15, 0.2) is 12.1 Å². The molecule has 0 unspecified atom stereocenters. The monoisotopic (exact) mass is 261 g/mol. The van der Waals surface area contributed by atoms with Gasteiger partial charge in [0.2, 0.25) is 0 Å². The van der Waals surface area contributed by atoms with Gasteiger partial charge < -0.3 is 0 Å². The smallest absolute Gasteiger partial charge is 0.155 e. The van der Waals surface area contributed by atoms with Crippen molar-refractivity contribution in [1.29, 1.82) is 0 Å². The van der Waals surface area contributed by atoms with Gasteiger partial charge in [0.1, 0.15) is 5.15 Å². The molecule has 2 aromatic heterocycles. The minimum absolute atomic E-state index is 0.352. The Morgan fingerprint density at radius 2 is 2.28 bits per heavy atom. The molecule has 0 saturated heterocycles. The molecule has 1 saturated carbocycles. The van der Waals surface area contributed by atoms with Crippen LogP contribution in [0.2, 0.25) is 5.15 Å². The molecule has 1 aliphatic rings. The minimum atomic E-state index is 0.352. The maximum absolute atomic E-state index is 11.1. The molecule has 0 aliphatic heterocycles. The van der Waals surface area contributed by atoms with E-state index in [2.05, 4.69) is 10.1 Å². The summed E-state index contributed by atoms with van der Waals surface area (Å²) in [6.07, 6.45) is 4.65. The van der Waals surface area contributed by atoms with Gasteiger partial charge in [-0.1, -0.05) is 11.6 Å². The average molecular weight is 262 g/mol. The predicted octanol–water partition coefficient (Wildman–Crippen LogP) is 2.92. The Labute approximate surface area is 110 Å². The van der Waals surface area contributed by atoms with E-state index in [4.69, 9.17) is 11.6 Å². The van der Waals surface area contributed by atoms with Crippen LogP contribution >= 0.6 is 11.6 Å². The quantitative estimate of drug-likeness (QED) is 0.798. The number of pyridine rings is 1. The minimum Gasteiger partial charge on any atom is -0.298 e. The summed E-state index contributed by atoms with van der Waals surface area (Å²) in [5.41, 5.74) is 2.38. The first-order chi connectivity index (χ1) is 8.70. The van der Waals surface area contributed by atoms with Crippen LogP contribution in [0.1, 0.15) is 40.4 Å². The molecule has 0 amide bonds. The summed E-state index contributed by atoms with van der Waals surface area (Å²) in [7, 11) is 0. The van der Waals surface area contributed by atoms with Gasteiger partial charge in [0, 0.05) is 12.1 Å². The van der Waals surface area contributed by atoms with Crippen LogP contribution < -0.4 is 0 Å². The van der Waals surface area contributed by atoms with Crippen molar-refractivity contribution in [2.24, 2.45) is 0 Å². The van der Waals surface area contributed by atoms with Gasteiger partial charge in [-0.05, 0) is 37.5 Å². The van der Waals surface area contributed by atoms with Crippen molar-refractivity contribution in [3.63, 3.8) is 0 Å². The van der Waals surface area contributed by atoms with Crippen molar-refractivity contribution in [2.45, 2.75) is 25.7 Å². The van der Waals surface area contributed by atoms with Gasteiger partial charge in [-0.2, -0.15) is 5.10 Å². The summed E-state index contributed by atoms with van der Waals surface area (Å²) in [5.74, 6) is 1.03. The number of carbonyl (C=O) groups is 1. The summed E-state index contributed by atoms with van der Waals surface area (Å²) in [6.45, 7) is 1.98. The Morgan fingerprint density at radius 1 is 1.50 bits per heavy atom. The van der Waals surface area contributed by atoms with Crippen LogP contribution in [0.5, 0.6) is 0 Å². The van der Waals surface area contributed by atoms with Gasteiger partial charge in [0.25, 0.3) is 0 Å². The summed E-state index contributed by atoms with van der Waals surface area (Å²) in [6, 6.07) is 3.80. The molecular formula is C13H12ClN3O. The molecule has 92 valence electrons. The molecule has 1 fully saturated rings. The fourth-order valence-electron chi connectivity index (χ4n) is 1.98. The number of rotatable bonds is 3. The van der Waals surface area contributed by atoms with Gasteiger partial charge in [-0.15, -0.1) is 0 Å². The Hall–Kier alpha value is -1.68. The third-order valence-electron chi connectivity index (χ3n) is 3.09. The number of hydrogen-bond donors (Lipinski definition) is 0. The second-order valence-electron chi connectivity index (χ2n) is 4.59. The van der Waals surface area contributed by atoms with E-state index in [1.165, 1.54) is 0 Å². The summed E-state index contributed by atoms with van der Waals surface area (Å²) in [5, 5.41) is 4.80. The second kappa shape index (κ2) is 4.21. The van der Waals surface area contributed by atoms with E-state index in [0.29, 0.717) is 22.5 Å². The molecule has 2 heterocycles. The number of hydrogen-bond acceptors (Lipinski definition) is 3. The van der Waals surface area contributed by atoms with Crippen LogP contribution in [0.3, 0.4) is 0 Å². The van der Waals surface area contributed by atoms with E-state index in [-0.39, 0.29) is 0 Å². The number of aromatic nitrogens is 3. The second-order valence-corrected chi connectivity index (χ2v) is 4.94. The van der Waals surface area contributed by atoms with Crippen LogP contribution in [-0.4, -0.2) is 21.1 Å². The maximum atomic E-state index is 11.1.